The zero-order chi connectivity index (χ0) is 26.0. The van der Waals surface area contributed by atoms with Gasteiger partial charge in [-0.1, -0.05) is 6.07 Å². The zero-order valence-electron chi connectivity index (χ0n) is 20.0. The van der Waals surface area contributed by atoms with Gasteiger partial charge in [0.05, 0.1) is 22.3 Å². The van der Waals surface area contributed by atoms with Gasteiger partial charge in [0, 0.05) is 32.9 Å². The van der Waals surface area contributed by atoms with Gasteiger partial charge in [0.25, 0.3) is 12.0 Å². The molecule has 0 unspecified atom stereocenters. The molecule has 3 heterocycles. The van der Waals surface area contributed by atoms with Crippen molar-refractivity contribution in [3.8, 4) is 0 Å². The van der Waals surface area contributed by atoms with E-state index in [1.807, 2.05) is 39.1 Å². The lowest BCUT2D eigenvalue weighted by molar-refractivity contribution is -0.122. The van der Waals surface area contributed by atoms with Crippen molar-refractivity contribution < 1.29 is 23.1 Å². The third kappa shape index (κ3) is 7.69. The molecule has 1 aromatic carbocycles. The minimum absolute atomic E-state index is 0.0214. The van der Waals surface area contributed by atoms with Crippen molar-refractivity contribution in [1.82, 2.24) is 14.5 Å². The van der Waals surface area contributed by atoms with Crippen LogP contribution in [0.5, 0.6) is 0 Å². The van der Waals surface area contributed by atoms with Gasteiger partial charge in [-0.25, -0.2) is 4.98 Å². The second-order valence-corrected chi connectivity index (χ2v) is 7.99. The van der Waals surface area contributed by atoms with Crippen LogP contribution in [0.3, 0.4) is 0 Å². The van der Waals surface area contributed by atoms with Crippen LogP contribution in [0.25, 0.3) is 10.9 Å². The largest absolute Gasteiger partial charge is 0.483 e. The predicted octanol–water partition coefficient (Wildman–Crippen LogP) is 4.43. The van der Waals surface area contributed by atoms with Crippen molar-refractivity contribution in [3.63, 3.8) is 0 Å². The maximum absolute atomic E-state index is 13.1. The monoisotopic (exact) mass is 493 g/mol. The predicted molar refractivity (Wildman–Crippen MR) is 130 cm³/mol. The molecule has 2 aromatic heterocycles. The number of hydrogen-bond donors (Lipinski definition) is 2. The minimum Gasteiger partial charge on any atom is -0.483 e. The second kappa shape index (κ2) is 13.3. The van der Waals surface area contributed by atoms with Crippen molar-refractivity contribution in [2.24, 2.45) is 7.05 Å². The fourth-order valence-corrected chi connectivity index (χ4v) is 3.97. The first-order valence-corrected chi connectivity index (χ1v) is 11.1. The highest BCUT2D eigenvalue weighted by atomic mass is 19.4. The van der Waals surface area contributed by atoms with E-state index >= 15 is 0 Å². The van der Waals surface area contributed by atoms with E-state index in [0.29, 0.717) is 11.9 Å². The summed E-state index contributed by atoms with van der Waals surface area (Å²) in [5.74, 6) is 0.778. The first kappa shape index (κ1) is 27.6. The van der Waals surface area contributed by atoms with Gasteiger partial charge >= 0.3 is 6.68 Å². The summed E-state index contributed by atoms with van der Waals surface area (Å²) >= 11 is 0. The van der Waals surface area contributed by atoms with Gasteiger partial charge in [0.1, 0.15) is 0 Å². The number of rotatable bonds is 4. The highest BCUT2D eigenvalue weighted by Gasteiger charge is 2.19. The van der Waals surface area contributed by atoms with Crippen LogP contribution in [0.4, 0.5) is 24.8 Å². The fourth-order valence-electron chi connectivity index (χ4n) is 3.97. The van der Waals surface area contributed by atoms with Crippen molar-refractivity contribution in [2.45, 2.75) is 46.3 Å². The van der Waals surface area contributed by atoms with Crippen molar-refractivity contribution in [3.05, 3.63) is 57.6 Å². The highest BCUT2D eigenvalue weighted by molar-refractivity contribution is 5.83. The summed E-state index contributed by atoms with van der Waals surface area (Å²) in [5.41, 5.74) is 4.87. The molecule has 0 saturated carbocycles. The molecule has 1 saturated heterocycles. The summed E-state index contributed by atoms with van der Waals surface area (Å²) in [6, 6.07) is 8.01. The van der Waals surface area contributed by atoms with E-state index in [1.54, 1.807) is 10.8 Å². The molecule has 190 valence electrons. The van der Waals surface area contributed by atoms with Gasteiger partial charge < -0.3 is 15.3 Å². The Morgan fingerprint density at radius 1 is 1.17 bits per heavy atom. The molecular weight excluding hydrogens is 463 g/mol. The Morgan fingerprint density at radius 2 is 1.80 bits per heavy atom. The lowest BCUT2D eigenvalue weighted by Crippen LogP contribution is -2.35. The number of fused-ring (bicyclic) bond motifs is 1. The smallest absolute Gasteiger partial charge is 0.379 e. The number of pyridine rings is 1. The van der Waals surface area contributed by atoms with E-state index in [-0.39, 0.29) is 12.0 Å². The first-order valence-electron chi connectivity index (χ1n) is 11.1. The van der Waals surface area contributed by atoms with Crippen LogP contribution in [-0.2, 0) is 18.4 Å². The SMILES string of the molecule is Cc1cc(CNc2cccnc2C)c2nc(N3CCCCC3)n(C)c(=O)c2c1.FC(F)F.O=CO. The Hall–Kier alpha value is -3.63. The molecule has 0 amide bonds. The Balaban J connectivity index is 0.000000551. The number of anilines is 2. The number of halogens is 3. The first-order chi connectivity index (χ1) is 16.7. The van der Waals surface area contributed by atoms with E-state index in [4.69, 9.17) is 14.9 Å². The third-order valence-electron chi connectivity index (χ3n) is 5.50. The topological polar surface area (TPSA) is 100 Å². The number of benzene rings is 1. The molecule has 0 atom stereocenters. The van der Waals surface area contributed by atoms with E-state index < -0.39 is 6.68 Å². The summed E-state index contributed by atoms with van der Waals surface area (Å²) < 4.78 is 30.7. The van der Waals surface area contributed by atoms with Crippen LogP contribution in [-0.4, -0.2) is 45.9 Å². The lowest BCUT2D eigenvalue weighted by Gasteiger charge is -2.29. The van der Waals surface area contributed by atoms with Gasteiger partial charge in [-0.05, 0) is 62.4 Å². The van der Waals surface area contributed by atoms with Crippen LogP contribution < -0.4 is 15.8 Å². The van der Waals surface area contributed by atoms with E-state index in [9.17, 15) is 18.0 Å². The summed E-state index contributed by atoms with van der Waals surface area (Å²) in [7, 11) is 1.83. The van der Waals surface area contributed by atoms with Gasteiger partial charge in [-0.3, -0.25) is 19.1 Å². The number of aryl methyl sites for hydroxylation is 2. The van der Waals surface area contributed by atoms with Crippen molar-refractivity contribution >= 4 is 29.0 Å². The van der Waals surface area contributed by atoms with E-state index in [0.717, 1.165) is 59.9 Å². The quantitative estimate of drug-likeness (QED) is 0.519. The van der Waals surface area contributed by atoms with Gasteiger partial charge in [0.15, 0.2) is 0 Å². The molecule has 35 heavy (non-hydrogen) atoms. The third-order valence-corrected chi connectivity index (χ3v) is 5.50. The second-order valence-electron chi connectivity index (χ2n) is 7.99. The average Bonchev–Trinajstić information content (AvgIpc) is 2.82. The lowest BCUT2D eigenvalue weighted by atomic mass is 10.1. The summed E-state index contributed by atoms with van der Waals surface area (Å²) in [5, 5.41) is 11.0. The Bertz CT molecular complexity index is 1180. The molecule has 1 aliphatic heterocycles. The van der Waals surface area contributed by atoms with Crippen LogP contribution in [0.15, 0.2) is 35.3 Å². The van der Waals surface area contributed by atoms with Gasteiger partial charge in [-0.2, -0.15) is 13.2 Å². The van der Waals surface area contributed by atoms with Crippen LogP contribution >= 0.6 is 0 Å². The number of piperidine rings is 1. The molecule has 0 bridgehead atoms. The molecule has 11 heteroatoms. The highest BCUT2D eigenvalue weighted by Crippen LogP contribution is 2.23. The summed E-state index contributed by atoms with van der Waals surface area (Å²) in [4.78, 5) is 33.0. The number of hydrogen-bond acceptors (Lipinski definition) is 6. The standard InChI is InChI=1S/C22H27N5O.CHF3.CH2O2/c1-15-12-17(14-24-19-8-7-9-23-16(19)2)20-18(13-15)21(28)26(3)22(25-20)27-10-5-4-6-11-27;2-1(3)4;2-1-3/h7-9,12-13,24H,4-6,10-11,14H2,1-3H3;1H;1H,(H,2,3). The molecule has 1 fully saturated rings. The molecule has 3 aromatic rings. The maximum atomic E-state index is 13.1. The minimum atomic E-state index is -3.67. The fraction of sp³-hybridized carbons (Fsp3) is 0.417. The zero-order valence-corrected chi connectivity index (χ0v) is 20.0. The number of nitrogens with one attached hydrogen (secondary N) is 1. The number of nitrogens with zero attached hydrogens (tertiary/aromatic N) is 4. The van der Waals surface area contributed by atoms with Crippen LogP contribution in [0, 0.1) is 13.8 Å². The number of carbonyl (C=O) groups is 1. The summed E-state index contributed by atoms with van der Waals surface area (Å²) in [6.45, 7) is 2.61. The van der Waals surface area contributed by atoms with Crippen LogP contribution in [0.1, 0.15) is 36.1 Å². The molecule has 0 radical (unpaired) electrons. The number of alkyl halides is 3. The average molecular weight is 494 g/mol. The van der Waals surface area contributed by atoms with Crippen molar-refractivity contribution in [2.75, 3.05) is 23.3 Å². The molecule has 8 nitrogen and oxygen atoms in total. The summed E-state index contributed by atoms with van der Waals surface area (Å²) in [6.07, 6.45) is 5.34. The van der Waals surface area contributed by atoms with Gasteiger partial charge in [-0.15, -0.1) is 0 Å². The normalized spacial score (nSPS) is 12.9. The Labute approximate surface area is 201 Å². The van der Waals surface area contributed by atoms with E-state index in [1.165, 1.54) is 6.42 Å². The van der Waals surface area contributed by atoms with E-state index in [2.05, 4.69) is 21.3 Å². The molecule has 0 aliphatic carbocycles. The van der Waals surface area contributed by atoms with Gasteiger partial charge in [0.2, 0.25) is 5.95 Å². The molecule has 0 spiro atoms. The number of carboxylic acid groups (broad SMARTS) is 1. The van der Waals surface area contributed by atoms with Crippen molar-refractivity contribution in [1.29, 1.82) is 0 Å². The molecule has 1 aliphatic rings. The Morgan fingerprint density at radius 3 is 2.40 bits per heavy atom. The molecule has 2 N–H and O–H groups in total. The van der Waals surface area contributed by atoms with Crippen LogP contribution in [0.2, 0.25) is 0 Å². The molecule has 4 rings (SSSR count). The molecular formula is C24H30F3N5O3. The maximum Gasteiger partial charge on any atom is 0.379 e. The number of aromatic nitrogens is 3. The Kier molecular flexibility index (Phi) is 10.5.